The molecule has 2 aromatic heterocycles. The number of nitrogens with zero attached hydrogens (tertiary/aromatic N) is 4. The van der Waals surface area contributed by atoms with E-state index in [-0.39, 0.29) is 6.42 Å². The quantitative estimate of drug-likeness (QED) is 0.525. The predicted molar refractivity (Wildman–Crippen MR) is 93.8 cm³/mol. The van der Waals surface area contributed by atoms with Crippen LogP contribution in [0.5, 0.6) is 5.75 Å². The molecule has 26 heavy (non-hydrogen) atoms. The Balaban J connectivity index is 1.49. The minimum Gasteiger partial charge on any atom is -0.497 e. The van der Waals surface area contributed by atoms with Gasteiger partial charge in [0.1, 0.15) is 12.2 Å². The third-order valence-electron chi connectivity index (χ3n) is 3.68. The first-order valence-electron chi connectivity index (χ1n) is 7.76. The Hall–Kier alpha value is -3.19. The summed E-state index contributed by atoms with van der Waals surface area (Å²) in [6.07, 6.45) is 0.254. The van der Waals surface area contributed by atoms with Crippen LogP contribution in [-0.2, 0) is 6.42 Å². The minimum absolute atomic E-state index is 0.254. The van der Waals surface area contributed by atoms with Crippen molar-refractivity contribution in [2.75, 3.05) is 7.11 Å². The van der Waals surface area contributed by atoms with Gasteiger partial charge in [0, 0.05) is 16.1 Å². The van der Waals surface area contributed by atoms with Crippen molar-refractivity contribution in [2.45, 2.75) is 6.42 Å². The van der Waals surface area contributed by atoms with Crippen molar-refractivity contribution < 1.29 is 13.7 Å². The lowest BCUT2D eigenvalue weighted by Gasteiger charge is -1.99. The second-order valence-corrected chi connectivity index (χ2v) is 5.86. The van der Waals surface area contributed by atoms with Crippen LogP contribution in [0, 0.1) is 0 Å². The summed E-state index contributed by atoms with van der Waals surface area (Å²) < 4.78 is 16.1. The summed E-state index contributed by atoms with van der Waals surface area (Å²) in [5, 5.41) is 12.7. The summed E-state index contributed by atoms with van der Waals surface area (Å²) in [6, 6.07) is 14.5. The molecule has 0 bridgehead atoms. The number of methoxy groups -OCH3 is 1. The van der Waals surface area contributed by atoms with Gasteiger partial charge in [-0.05, 0) is 48.5 Å². The molecule has 0 aliphatic carbocycles. The summed E-state index contributed by atoms with van der Waals surface area (Å²) in [5.41, 5.74) is 1.62. The smallest absolute Gasteiger partial charge is 0.247 e. The van der Waals surface area contributed by atoms with Gasteiger partial charge in [-0.25, -0.2) is 0 Å². The summed E-state index contributed by atoms with van der Waals surface area (Å²) >= 11 is 5.88. The molecule has 0 radical (unpaired) electrons. The second kappa shape index (κ2) is 6.97. The molecule has 0 saturated heterocycles. The largest absolute Gasteiger partial charge is 0.497 e. The Labute approximate surface area is 153 Å². The number of halogens is 1. The van der Waals surface area contributed by atoms with Crippen LogP contribution >= 0.6 is 11.6 Å². The van der Waals surface area contributed by atoms with E-state index in [2.05, 4.69) is 20.3 Å². The third kappa shape index (κ3) is 3.43. The van der Waals surface area contributed by atoms with Gasteiger partial charge in [-0.3, -0.25) is 0 Å². The van der Waals surface area contributed by atoms with E-state index in [1.165, 1.54) is 0 Å². The van der Waals surface area contributed by atoms with Crippen molar-refractivity contribution in [3.63, 3.8) is 0 Å². The maximum absolute atomic E-state index is 5.88. The Morgan fingerprint density at radius 2 is 1.65 bits per heavy atom. The van der Waals surface area contributed by atoms with Crippen LogP contribution in [0.4, 0.5) is 0 Å². The minimum atomic E-state index is 0.254. The zero-order valence-corrected chi connectivity index (χ0v) is 14.5. The molecular formula is C18H13ClN4O3. The SMILES string of the molecule is COc1ccc(-c2nnc(Cc3nc(-c4ccc(Cl)cc4)no3)o2)cc1. The normalized spacial score (nSPS) is 10.8. The maximum atomic E-state index is 5.88. The Bertz CT molecular complexity index is 1010. The Kier molecular flexibility index (Phi) is 4.37. The fourth-order valence-corrected chi connectivity index (χ4v) is 2.47. The molecule has 2 aromatic carbocycles. The van der Waals surface area contributed by atoms with Gasteiger partial charge >= 0.3 is 0 Å². The van der Waals surface area contributed by atoms with Gasteiger partial charge in [-0.15, -0.1) is 10.2 Å². The van der Waals surface area contributed by atoms with Crippen LogP contribution in [0.15, 0.2) is 57.5 Å². The third-order valence-corrected chi connectivity index (χ3v) is 3.93. The lowest BCUT2D eigenvalue weighted by molar-refractivity contribution is 0.374. The summed E-state index contributed by atoms with van der Waals surface area (Å²) in [4.78, 5) is 4.34. The molecular weight excluding hydrogens is 356 g/mol. The highest BCUT2D eigenvalue weighted by Gasteiger charge is 2.14. The number of hydrogen-bond acceptors (Lipinski definition) is 7. The van der Waals surface area contributed by atoms with Gasteiger partial charge in [0.05, 0.1) is 7.11 Å². The van der Waals surface area contributed by atoms with Crippen molar-refractivity contribution in [1.29, 1.82) is 0 Å². The first kappa shape index (κ1) is 16.3. The fourth-order valence-electron chi connectivity index (χ4n) is 2.35. The highest BCUT2D eigenvalue weighted by Crippen LogP contribution is 2.23. The first-order chi connectivity index (χ1) is 12.7. The Morgan fingerprint density at radius 1 is 0.923 bits per heavy atom. The number of rotatable bonds is 5. The van der Waals surface area contributed by atoms with Crippen molar-refractivity contribution >= 4 is 11.6 Å². The van der Waals surface area contributed by atoms with Crippen LogP contribution < -0.4 is 4.74 Å². The van der Waals surface area contributed by atoms with Gasteiger partial charge in [0.2, 0.25) is 23.5 Å². The van der Waals surface area contributed by atoms with E-state index in [0.717, 1.165) is 16.9 Å². The van der Waals surface area contributed by atoms with E-state index < -0.39 is 0 Å². The molecule has 0 fully saturated rings. The van der Waals surface area contributed by atoms with Crippen LogP contribution in [0.3, 0.4) is 0 Å². The average molecular weight is 369 g/mol. The van der Waals surface area contributed by atoms with E-state index in [1.54, 1.807) is 19.2 Å². The highest BCUT2D eigenvalue weighted by atomic mass is 35.5. The van der Waals surface area contributed by atoms with E-state index in [9.17, 15) is 0 Å². The number of ether oxygens (including phenoxy) is 1. The highest BCUT2D eigenvalue weighted by molar-refractivity contribution is 6.30. The molecule has 4 rings (SSSR count). The molecule has 8 heteroatoms. The van der Waals surface area contributed by atoms with E-state index in [0.29, 0.717) is 28.5 Å². The molecule has 0 unspecified atom stereocenters. The number of aromatic nitrogens is 4. The van der Waals surface area contributed by atoms with Crippen LogP contribution in [0.2, 0.25) is 5.02 Å². The van der Waals surface area contributed by atoms with Crippen LogP contribution in [0.1, 0.15) is 11.8 Å². The second-order valence-electron chi connectivity index (χ2n) is 5.42. The van der Waals surface area contributed by atoms with Gasteiger partial charge in [0.25, 0.3) is 0 Å². The fraction of sp³-hybridized carbons (Fsp3) is 0.111. The van der Waals surface area contributed by atoms with Crippen molar-refractivity contribution in [3.05, 3.63) is 65.3 Å². The van der Waals surface area contributed by atoms with E-state index in [1.807, 2.05) is 36.4 Å². The van der Waals surface area contributed by atoms with Crippen molar-refractivity contribution in [2.24, 2.45) is 0 Å². The van der Waals surface area contributed by atoms with Crippen LogP contribution in [0.25, 0.3) is 22.8 Å². The molecule has 0 amide bonds. The van der Waals surface area contributed by atoms with Crippen molar-refractivity contribution in [3.8, 4) is 28.6 Å². The zero-order chi connectivity index (χ0) is 17.9. The van der Waals surface area contributed by atoms with Gasteiger partial charge in [0.15, 0.2) is 0 Å². The Morgan fingerprint density at radius 3 is 2.38 bits per heavy atom. The molecule has 130 valence electrons. The predicted octanol–water partition coefficient (Wildman–Crippen LogP) is 4.04. The lowest BCUT2D eigenvalue weighted by atomic mass is 10.2. The van der Waals surface area contributed by atoms with Gasteiger partial charge in [-0.1, -0.05) is 16.8 Å². The maximum Gasteiger partial charge on any atom is 0.247 e. The molecule has 0 aliphatic heterocycles. The molecule has 0 atom stereocenters. The number of hydrogen-bond donors (Lipinski definition) is 0. The molecule has 0 saturated carbocycles. The first-order valence-corrected chi connectivity index (χ1v) is 8.14. The number of benzene rings is 2. The molecule has 2 heterocycles. The van der Waals surface area contributed by atoms with Gasteiger partial charge < -0.3 is 13.7 Å². The summed E-state index contributed by atoms with van der Waals surface area (Å²) in [5.74, 6) is 2.43. The van der Waals surface area contributed by atoms with Crippen LogP contribution in [-0.4, -0.2) is 27.4 Å². The average Bonchev–Trinajstić information content (AvgIpc) is 3.33. The standard InChI is InChI=1S/C18H13ClN4O3/c1-24-14-8-4-12(5-9-14)18-22-21-16(25-18)10-15-20-17(23-26-15)11-2-6-13(19)7-3-11/h2-9H,10H2,1H3. The van der Waals surface area contributed by atoms with Crippen molar-refractivity contribution in [1.82, 2.24) is 20.3 Å². The molecule has 0 spiro atoms. The monoisotopic (exact) mass is 368 g/mol. The summed E-state index contributed by atoms with van der Waals surface area (Å²) in [7, 11) is 1.61. The topological polar surface area (TPSA) is 87.1 Å². The molecule has 0 N–H and O–H groups in total. The molecule has 4 aromatic rings. The lowest BCUT2D eigenvalue weighted by Crippen LogP contribution is -1.88. The molecule has 0 aliphatic rings. The van der Waals surface area contributed by atoms with E-state index in [4.69, 9.17) is 25.3 Å². The van der Waals surface area contributed by atoms with E-state index >= 15 is 0 Å². The summed E-state index contributed by atoms with van der Waals surface area (Å²) in [6.45, 7) is 0. The van der Waals surface area contributed by atoms with Gasteiger partial charge in [-0.2, -0.15) is 4.98 Å². The zero-order valence-electron chi connectivity index (χ0n) is 13.7. The molecule has 7 nitrogen and oxygen atoms in total.